The maximum absolute atomic E-state index is 13.0. The first-order valence-electron chi connectivity index (χ1n) is 6.34. The molecule has 9 heteroatoms. The molecule has 0 aliphatic heterocycles. The van der Waals surface area contributed by atoms with Gasteiger partial charge in [0.05, 0.1) is 22.5 Å². The lowest BCUT2D eigenvalue weighted by atomic mass is 10.2. The summed E-state index contributed by atoms with van der Waals surface area (Å²) in [5.41, 5.74) is 0.590. The van der Waals surface area contributed by atoms with E-state index in [2.05, 4.69) is 5.10 Å². The summed E-state index contributed by atoms with van der Waals surface area (Å²) < 4.78 is 40.6. The van der Waals surface area contributed by atoms with E-state index in [-0.39, 0.29) is 16.3 Å². The van der Waals surface area contributed by atoms with Crippen molar-refractivity contribution in [1.29, 1.82) is 0 Å². The number of aromatic nitrogens is 2. The normalized spacial score (nSPS) is 11.4. The molecule has 0 radical (unpaired) electrons. The first kappa shape index (κ1) is 16.4. The van der Waals surface area contributed by atoms with Crippen molar-refractivity contribution >= 4 is 27.5 Å². The standard InChI is InChI=1S/C13H13ClFN3O3S/c1-2-18-8-9(7-16-18)5-13(19)17-22(20,21)10-3-4-12(15)11(14)6-10/h3-4,6-8H,2,5H2,1H3,(H,17,19). The average molecular weight is 346 g/mol. The lowest BCUT2D eigenvalue weighted by Crippen LogP contribution is -2.31. The van der Waals surface area contributed by atoms with Crippen LogP contribution in [-0.4, -0.2) is 24.1 Å². The van der Waals surface area contributed by atoms with Gasteiger partial charge in [0.1, 0.15) is 5.82 Å². The van der Waals surface area contributed by atoms with Gasteiger partial charge in [-0.25, -0.2) is 17.5 Å². The number of aryl methyl sites for hydroxylation is 1. The van der Waals surface area contributed by atoms with Crippen LogP contribution in [0.1, 0.15) is 12.5 Å². The number of hydrogen-bond acceptors (Lipinski definition) is 4. The summed E-state index contributed by atoms with van der Waals surface area (Å²) in [6.45, 7) is 2.54. The average Bonchev–Trinajstić information content (AvgIpc) is 2.88. The van der Waals surface area contributed by atoms with Crippen LogP contribution in [0.25, 0.3) is 0 Å². The Hall–Kier alpha value is -1.93. The molecule has 2 aromatic rings. The molecule has 0 saturated heterocycles. The zero-order chi connectivity index (χ0) is 16.3. The van der Waals surface area contributed by atoms with Gasteiger partial charge in [0.25, 0.3) is 10.0 Å². The minimum atomic E-state index is -4.10. The van der Waals surface area contributed by atoms with E-state index in [9.17, 15) is 17.6 Å². The minimum absolute atomic E-state index is 0.131. The van der Waals surface area contributed by atoms with Crippen molar-refractivity contribution in [1.82, 2.24) is 14.5 Å². The van der Waals surface area contributed by atoms with Crippen LogP contribution in [0.5, 0.6) is 0 Å². The highest BCUT2D eigenvalue weighted by molar-refractivity contribution is 7.90. The summed E-state index contributed by atoms with van der Waals surface area (Å²) in [6.07, 6.45) is 3.01. The third-order valence-corrected chi connectivity index (χ3v) is 4.49. The van der Waals surface area contributed by atoms with Gasteiger partial charge in [0.15, 0.2) is 0 Å². The molecule has 1 N–H and O–H groups in total. The summed E-state index contributed by atoms with van der Waals surface area (Å²) >= 11 is 5.54. The second kappa shape index (κ2) is 6.45. The van der Waals surface area contributed by atoms with E-state index in [1.807, 2.05) is 11.6 Å². The zero-order valence-electron chi connectivity index (χ0n) is 11.6. The van der Waals surface area contributed by atoms with Crippen LogP contribution in [-0.2, 0) is 27.8 Å². The summed E-state index contributed by atoms with van der Waals surface area (Å²) in [4.78, 5) is 11.5. The number of benzene rings is 1. The topological polar surface area (TPSA) is 81.1 Å². The number of carbonyl (C=O) groups excluding carboxylic acids is 1. The Morgan fingerprint density at radius 2 is 2.18 bits per heavy atom. The van der Waals surface area contributed by atoms with Gasteiger partial charge in [0, 0.05) is 12.7 Å². The molecule has 118 valence electrons. The van der Waals surface area contributed by atoms with Crippen molar-refractivity contribution in [3.05, 3.63) is 47.0 Å². The number of halogens is 2. The number of nitrogens with one attached hydrogen (secondary N) is 1. The van der Waals surface area contributed by atoms with Crippen LogP contribution < -0.4 is 4.72 Å². The molecule has 0 aliphatic carbocycles. The van der Waals surface area contributed by atoms with E-state index in [1.165, 1.54) is 6.20 Å². The van der Waals surface area contributed by atoms with Crippen molar-refractivity contribution in [3.8, 4) is 0 Å². The highest BCUT2D eigenvalue weighted by atomic mass is 35.5. The van der Waals surface area contributed by atoms with Gasteiger partial charge < -0.3 is 0 Å². The second-order valence-electron chi connectivity index (χ2n) is 4.49. The monoisotopic (exact) mass is 345 g/mol. The maximum Gasteiger partial charge on any atom is 0.264 e. The first-order valence-corrected chi connectivity index (χ1v) is 8.20. The maximum atomic E-state index is 13.0. The van der Waals surface area contributed by atoms with Gasteiger partial charge >= 0.3 is 0 Å². The molecule has 1 aromatic carbocycles. The van der Waals surface area contributed by atoms with E-state index in [0.717, 1.165) is 18.2 Å². The Morgan fingerprint density at radius 1 is 1.45 bits per heavy atom. The second-order valence-corrected chi connectivity index (χ2v) is 6.58. The molecule has 1 heterocycles. The Bertz CT molecular complexity index is 805. The number of carbonyl (C=O) groups is 1. The quantitative estimate of drug-likeness (QED) is 0.895. The van der Waals surface area contributed by atoms with E-state index >= 15 is 0 Å². The van der Waals surface area contributed by atoms with Gasteiger partial charge in [0.2, 0.25) is 5.91 Å². The van der Waals surface area contributed by atoms with Crippen LogP contribution in [0.4, 0.5) is 4.39 Å². The molecule has 0 fully saturated rings. The lowest BCUT2D eigenvalue weighted by molar-refractivity contribution is -0.118. The Labute approximate surface area is 131 Å². The fourth-order valence-corrected chi connectivity index (χ4v) is 3.00. The molecule has 0 spiro atoms. The minimum Gasteiger partial charge on any atom is -0.274 e. The number of amides is 1. The summed E-state index contributed by atoms with van der Waals surface area (Å²) in [5, 5.41) is 3.66. The largest absolute Gasteiger partial charge is 0.274 e. The number of sulfonamides is 1. The zero-order valence-corrected chi connectivity index (χ0v) is 13.2. The molecule has 2 rings (SSSR count). The summed E-state index contributed by atoms with van der Waals surface area (Å²) in [6, 6.07) is 2.90. The van der Waals surface area contributed by atoms with Crippen LogP contribution in [0, 0.1) is 5.82 Å². The third kappa shape index (κ3) is 3.83. The summed E-state index contributed by atoms with van der Waals surface area (Å²) in [5.74, 6) is -1.45. The van der Waals surface area contributed by atoms with Crippen LogP contribution >= 0.6 is 11.6 Å². The van der Waals surface area contributed by atoms with Crippen molar-refractivity contribution in [2.24, 2.45) is 0 Å². The Kier molecular flexibility index (Phi) is 4.82. The Morgan fingerprint density at radius 3 is 2.77 bits per heavy atom. The molecule has 0 bridgehead atoms. The fourth-order valence-electron chi connectivity index (χ4n) is 1.74. The van der Waals surface area contributed by atoms with E-state index in [0.29, 0.717) is 12.1 Å². The van der Waals surface area contributed by atoms with Gasteiger partial charge in [-0.1, -0.05) is 11.6 Å². The highest BCUT2D eigenvalue weighted by Crippen LogP contribution is 2.19. The van der Waals surface area contributed by atoms with E-state index in [4.69, 9.17) is 11.6 Å². The van der Waals surface area contributed by atoms with Crippen molar-refractivity contribution in [2.45, 2.75) is 24.8 Å². The van der Waals surface area contributed by atoms with Crippen LogP contribution in [0.2, 0.25) is 5.02 Å². The SMILES string of the molecule is CCn1cc(CC(=O)NS(=O)(=O)c2ccc(F)c(Cl)c2)cn1. The molecule has 0 atom stereocenters. The Balaban J connectivity index is 2.10. The molecule has 0 aliphatic rings. The van der Waals surface area contributed by atoms with Gasteiger partial charge in [-0.05, 0) is 30.7 Å². The number of nitrogens with zero attached hydrogens (tertiary/aromatic N) is 2. The predicted molar refractivity (Wildman–Crippen MR) is 78.3 cm³/mol. The molecular weight excluding hydrogens is 333 g/mol. The molecular formula is C13H13ClFN3O3S. The molecule has 1 aromatic heterocycles. The lowest BCUT2D eigenvalue weighted by Gasteiger charge is -2.07. The van der Waals surface area contributed by atoms with Crippen molar-refractivity contribution in [3.63, 3.8) is 0 Å². The smallest absolute Gasteiger partial charge is 0.264 e. The highest BCUT2D eigenvalue weighted by Gasteiger charge is 2.19. The van der Waals surface area contributed by atoms with Crippen LogP contribution in [0.3, 0.4) is 0 Å². The predicted octanol–water partition coefficient (Wildman–Crippen LogP) is 1.74. The van der Waals surface area contributed by atoms with Gasteiger partial charge in [-0.15, -0.1) is 0 Å². The summed E-state index contributed by atoms with van der Waals surface area (Å²) in [7, 11) is -4.10. The molecule has 1 amide bonds. The number of rotatable bonds is 5. The van der Waals surface area contributed by atoms with Crippen molar-refractivity contribution < 1.29 is 17.6 Å². The van der Waals surface area contributed by atoms with Gasteiger partial charge in [-0.2, -0.15) is 5.10 Å². The molecule has 6 nitrogen and oxygen atoms in total. The molecule has 22 heavy (non-hydrogen) atoms. The van der Waals surface area contributed by atoms with E-state index < -0.39 is 21.7 Å². The molecule has 0 saturated carbocycles. The van der Waals surface area contributed by atoms with Gasteiger partial charge in [-0.3, -0.25) is 9.48 Å². The fraction of sp³-hybridized carbons (Fsp3) is 0.231. The van der Waals surface area contributed by atoms with Crippen molar-refractivity contribution in [2.75, 3.05) is 0 Å². The van der Waals surface area contributed by atoms with E-state index in [1.54, 1.807) is 10.9 Å². The first-order chi connectivity index (χ1) is 10.3. The third-order valence-electron chi connectivity index (χ3n) is 2.82. The number of hydrogen-bond donors (Lipinski definition) is 1. The van der Waals surface area contributed by atoms with Crippen LogP contribution in [0.15, 0.2) is 35.5 Å². The molecule has 0 unspecified atom stereocenters.